The summed E-state index contributed by atoms with van der Waals surface area (Å²) in [6.45, 7) is 2.88. The first-order valence-electron chi connectivity index (χ1n) is 8.13. The van der Waals surface area contributed by atoms with E-state index in [-0.39, 0.29) is 5.91 Å². The van der Waals surface area contributed by atoms with E-state index in [1.54, 1.807) is 0 Å². The molecule has 3 rings (SSSR count). The molecule has 0 spiro atoms. The minimum atomic E-state index is -0.865. The van der Waals surface area contributed by atoms with Gasteiger partial charge in [0, 0.05) is 31.9 Å². The van der Waals surface area contributed by atoms with Crippen LogP contribution in [0.1, 0.15) is 12.8 Å². The van der Waals surface area contributed by atoms with Crippen LogP contribution < -0.4 is 4.90 Å². The van der Waals surface area contributed by atoms with Crippen LogP contribution in [0.5, 0.6) is 0 Å². The number of allylic oxidation sites excluding steroid dienone is 2. The molecule has 0 unspecified atom stereocenters. The summed E-state index contributed by atoms with van der Waals surface area (Å²) in [6.07, 6.45) is 4.79. The Kier molecular flexibility index (Phi) is 4.65. The third-order valence-corrected chi connectivity index (χ3v) is 4.78. The highest BCUT2D eigenvalue weighted by atomic mass is 16.4. The van der Waals surface area contributed by atoms with Gasteiger partial charge < -0.3 is 14.9 Å². The van der Waals surface area contributed by atoms with Gasteiger partial charge in [-0.05, 0) is 25.0 Å². The number of amides is 1. The summed E-state index contributed by atoms with van der Waals surface area (Å²) in [6, 6.07) is 10.2. The van der Waals surface area contributed by atoms with Gasteiger partial charge in [-0.3, -0.25) is 9.59 Å². The Bertz CT molecular complexity index is 592. The van der Waals surface area contributed by atoms with E-state index < -0.39 is 17.8 Å². The van der Waals surface area contributed by atoms with Crippen molar-refractivity contribution >= 4 is 17.6 Å². The lowest BCUT2D eigenvalue weighted by Gasteiger charge is -2.38. The molecule has 1 aliphatic carbocycles. The minimum absolute atomic E-state index is 0.00513. The van der Waals surface area contributed by atoms with Crippen molar-refractivity contribution < 1.29 is 14.7 Å². The van der Waals surface area contributed by atoms with E-state index in [1.807, 2.05) is 35.3 Å². The highest BCUT2D eigenvalue weighted by Crippen LogP contribution is 2.28. The van der Waals surface area contributed by atoms with Crippen molar-refractivity contribution in [3.8, 4) is 0 Å². The third-order valence-electron chi connectivity index (χ3n) is 4.78. The lowest BCUT2D eigenvalue weighted by molar-refractivity contribution is -0.150. The minimum Gasteiger partial charge on any atom is -0.481 e. The van der Waals surface area contributed by atoms with Crippen molar-refractivity contribution in [3.63, 3.8) is 0 Å². The first kappa shape index (κ1) is 15.6. The second-order valence-electron chi connectivity index (χ2n) is 6.14. The van der Waals surface area contributed by atoms with Gasteiger partial charge in [-0.25, -0.2) is 0 Å². The van der Waals surface area contributed by atoms with Crippen molar-refractivity contribution in [1.82, 2.24) is 4.90 Å². The fourth-order valence-electron chi connectivity index (χ4n) is 3.42. The number of anilines is 1. The van der Waals surface area contributed by atoms with Gasteiger partial charge in [0.25, 0.3) is 0 Å². The van der Waals surface area contributed by atoms with Crippen molar-refractivity contribution in [3.05, 3.63) is 42.5 Å². The largest absolute Gasteiger partial charge is 0.481 e. The number of carboxylic acid groups (broad SMARTS) is 1. The predicted octanol–water partition coefficient (Wildman–Crippen LogP) is 2.00. The Morgan fingerprint density at radius 1 is 0.913 bits per heavy atom. The number of aliphatic carboxylic acids is 1. The molecule has 1 saturated heterocycles. The number of carbonyl (C=O) groups excluding carboxylic acids is 1. The number of piperazine rings is 1. The fourth-order valence-corrected chi connectivity index (χ4v) is 3.42. The molecule has 1 heterocycles. The zero-order chi connectivity index (χ0) is 16.2. The van der Waals surface area contributed by atoms with Crippen LogP contribution >= 0.6 is 0 Å². The van der Waals surface area contributed by atoms with Crippen molar-refractivity contribution in [2.24, 2.45) is 11.8 Å². The van der Waals surface area contributed by atoms with Crippen LogP contribution in [0, 0.1) is 11.8 Å². The van der Waals surface area contributed by atoms with Gasteiger partial charge >= 0.3 is 5.97 Å². The van der Waals surface area contributed by atoms with Crippen LogP contribution in [-0.4, -0.2) is 48.1 Å². The Hall–Kier alpha value is -2.30. The molecular formula is C18H22N2O3. The van der Waals surface area contributed by atoms with Gasteiger partial charge in [0.05, 0.1) is 11.8 Å². The Morgan fingerprint density at radius 3 is 2.13 bits per heavy atom. The fraction of sp³-hybridized carbons (Fsp3) is 0.444. The number of hydrogen-bond donors (Lipinski definition) is 1. The maximum absolute atomic E-state index is 12.7. The summed E-state index contributed by atoms with van der Waals surface area (Å²) in [5.74, 6) is -1.87. The first-order valence-corrected chi connectivity index (χ1v) is 8.13. The van der Waals surface area contributed by atoms with Gasteiger partial charge in [-0.2, -0.15) is 0 Å². The quantitative estimate of drug-likeness (QED) is 0.867. The van der Waals surface area contributed by atoms with E-state index in [2.05, 4.69) is 17.0 Å². The third kappa shape index (κ3) is 3.38. The molecule has 2 atom stereocenters. The van der Waals surface area contributed by atoms with Crippen molar-refractivity contribution in [1.29, 1.82) is 0 Å². The van der Waals surface area contributed by atoms with Gasteiger partial charge in [0.1, 0.15) is 0 Å². The number of nitrogens with zero attached hydrogens (tertiary/aromatic N) is 2. The van der Waals surface area contributed by atoms with E-state index in [0.29, 0.717) is 25.9 Å². The van der Waals surface area contributed by atoms with E-state index in [0.717, 1.165) is 13.1 Å². The zero-order valence-corrected chi connectivity index (χ0v) is 13.1. The van der Waals surface area contributed by atoms with Crippen LogP contribution in [0.2, 0.25) is 0 Å². The standard InChI is InChI=1S/C18H22N2O3/c21-17(15-8-4-5-9-16(15)18(22)23)20-12-10-19(11-13-20)14-6-2-1-3-7-14/h1-7,15-16H,8-13H2,(H,22,23)/t15-,16-/m0/s1. The zero-order valence-electron chi connectivity index (χ0n) is 13.1. The Labute approximate surface area is 136 Å². The molecule has 0 radical (unpaired) electrons. The highest BCUT2D eigenvalue weighted by Gasteiger charge is 2.37. The topological polar surface area (TPSA) is 60.9 Å². The van der Waals surface area contributed by atoms with E-state index in [1.165, 1.54) is 5.69 Å². The van der Waals surface area contributed by atoms with E-state index >= 15 is 0 Å². The molecule has 0 aromatic heterocycles. The summed E-state index contributed by atoms with van der Waals surface area (Å²) in [5, 5.41) is 9.33. The van der Waals surface area contributed by atoms with Crippen LogP contribution in [0.3, 0.4) is 0 Å². The maximum Gasteiger partial charge on any atom is 0.307 e. The molecule has 5 nitrogen and oxygen atoms in total. The predicted molar refractivity (Wildman–Crippen MR) is 88.2 cm³/mol. The molecule has 1 amide bonds. The number of carboxylic acids is 1. The number of hydrogen-bond acceptors (Lipinski definition) is 3. The van der Waals surface area contributed by atoms with Crippen molar-refractivity contribution in [2.75, 3.05) is 31.1 Å². The summed E-state index contributed by atoms with van der Waals surface area (Å²) in [4.78, 5) is 28.2. The summed E-state index contributed by atoms with van der Waals surface area (Å²) in [7, 11) is 0. The monoisotopic (exact) mass is 314 g/mol. The van der Waals surface area contributed by atoms with E-state index in [9.17, 15) is 14.7 Å². The van der Waals surface area contributed by atoms with Gasteiger partial charge in [0.2, 0.25) is 5.91 Å². The molecule has 5 heteroatoms. The number of rotatable bonds is 3. The average Bonchev–Trinajstić information content (AvgIpc) is 2.62. The summed E-state index contributed by atoms with van der Waals surface area (Å²) >= 11 is 0. The van der Waals surface area contributed by atoms with Crippen LogP contribution in [0.25, 0.3) is 0 Å². The number of para-hydroxylation sites is 1. The Balaban J connectivity index is 1.62. The summed E-state index contributed by atoms with van der Waals surface area (Å²) < 4.78 is 0. The molecule has 23 heavy (non-hydrogen) atoms. The van der Waals surface area contributed by atoms with Crippen molar-refractivity contribution in [2.45, 2.75) is 12.8 Å². The molecule has 1 N–H and O–H groups in total. The van der Waals surface area contributed by atoms with Gasteiger partial charge in [-0.15, -0.1) is 0 Å². The molecule has 1 aliphatic heterocycles. The smallest absolute Gasteiger partial charge is 0.307 e. The second-order valence-corrected chi connectivity index (χ2v) is 6.14. The number of benzene rings is 1. The maximum atomic E-state index is 12.7. The normalized spacial score (nSPS) is 24.5. The second kappa shape index (κ2) is 6.86. The lowest BCUT2D eigenvalue weighted by atomic mass is 9.82. The lowest BCUT2D eigenvalue weighted by Crippen LogP contribution is -2.52. The van der Waals surface area contributed by atoms with Crippen LogP contribution in [-0.2, 0) is 9.59 Å². The van der Waals surface area contributed by atoms with E-state index in [4.69, 9.17) is 0 Å². The molecular weight excluding hydrogens is 292 g/mol. The SMILES string of the molecule is O=C(O)[C@H]1CC=CC[C@@H]1C(=O)N1CCN(c2ccccc2)CC1. The molecule has 0 saturated carbocycles. The first-order chi connectivity index (χ1) is 11.2. The molecule has 2 aliphatic rings. The molecule has 0 bridgehead atoms. The van der Waals surface area contributed by atoms with Crippen LogP contribution in [0.15, 0.2) is 42.5 Å². The van der Waals surface area contributed by atoms with Gasteiger partial charge in [0.15, 0.2) is 0 Å². The molecule has 122 valence electrons. The molecule has 1 aromatic carbocycles. The molecule has 1 fully saturated rings. The van der Waals surface area contributed by atoms with Gasteiger partial charge in [-0.1, -0.05) is 30.4 Å². The Morgan fingerprint density at radius 2 is 1.52 bits per heavy atom. The average molecular weight is 314 g/mol. The summed E-state index contributed by atoms with van der Waals surface area (Å²) in [5.41, 5.74) is 1.17. The van der Waals surface area contributed by atoms with Crippen LogP contribution in [0.4, 0.5) is 5.69 Å². The molecule has 1 aromatic rings. The number of carbonyl (C=O) groups is 2. The highest BCUT2D eigenvalue weighted by molar-refractivity contribution is 5.85.